The molecule has 606 valence electrons. The van der Waals surface area contributed by atoms with E-state index in [1.807, 2.05) is 0 Å². The molecule has 40 heteroatoms. The fraction of sp³-hybridized carbons (Fsp3) is 0.472. The predicted octanol–water partition coefficient (Wildman–Crippen LogP) is -2.07. The molecule has 23 atom stereocenters. The Balaban J connectivity index is 1.16. The highest BCUT2D eigenvalue weighted by Gasteiger charge is 2.53. The van der Waals surface area contributed by atoms with Gasteiger partial charge in [0.1, 0.15) is 120 Å². The van der Waals surface area contributed by atoms with Crippen molar-refractivity contribution in [2.75, 3.05) is 20.3 Å². The van der Waals surface area contributed by atoms with Gasteiger partial charge in [0.15, 0.2) is 30.1 Å². The van der Waals surface area contributed by atoms with E-state index in [0.29, 0.717) is 0 Å². The molecule has 8 aliphatic heterocycles. The number of amides is 7. The molecule has 0 aliphatic carbocycles. The van der Waals surface area contributed by atoms with Gasteiger partial charge in [0, 0.05) is 34.7 Å². The minimum Gasteiger partial charge on any atom is -0.508 e. The van der Waals surface area contributed by atoms with E-state index in [-0.39, 0.29) is 29.9 Å². The van der Waals surface area contributed by atoms with Gasteiger partial charge >= 0.3 is 5.97 Å². The van der Waals surface area contributed by atoms with Crippen LogP contribution in [0.25, 0.3) is 11.1 Å². The van der Waals surface area contributed by atoms with Crippen LogP contribution in [0.3, 0.4) is 0 Å². The van der Waals surface area contributed by atoms with Crippen LogP contribution in [0, 0.1) is 5.92 Å². The van der Waals surface area contributed by atoms with Crippen molar-refractivity contribution < 1.29 is 143 Å². The molecule has 13 rings (SSSR count). The van der Waals surface area contributed by atoms with E-state index in [2.05, 4.69) is 37.2 Å². The summed E-state index contributed by atoms with van der Waals surface area (Å²) in [6, 6.07) is -1.13. The first-order valence-corrected chi connectivity index (χ1v) is 35.9. The molecule has 0 saturated carbocycles. The SMILES string of the molecule is CN[C@H](CC(C)C)C(=O)N[C@H]1C(=O)N[C@@H](CC(N)=O)C(=O)N[C@H]2C(=O)N[C@H]3C(=O)NC(C(=O)N[C@@H](C(=O)O)c4cc(O)cc(O)c4-c4cc3ccc4O)C(O[C@H]3C[C@](C)(N)[C@@H](O)[C@H](C)O3)c3ccc(c(Cl)c3)Oc3cc2cc(c3OC2O[C@H](CO)[C@@H](OC3O[C@H](CO)[C@H](O)[C@H](O)[C@H]3O)[C@H](O)[C@H]2O)Oc2ccc(cc2Cl)[C@H]1O. The summed E-state index contributed by atoms with van der Waals surface area (Å²) in [5.41, 5.74) is 7.90. The number of aliphatic carboxylic acids is 1. The Morgan fingerprint density at radius 1 is 0.652 bits per heavy atom. The molecule has 24 N–H and O–H groups in total. The summed E-state index contributed by atoms with van der Waals surface area (Å²) in [5, 5.41) is 163. The Hall–Kier alpha value is -9.40. The van der Waals surface area contributed by atoms with E-state index in [4.69, 9.17) is 72.6 Å². The Kier molecular flexibility index (Phi) is 25.4. The van der Waals surface area contributed by atoms with Gasteiger partial charge < -0.3 is 153 Å². The molecule has 8 aliphatic rings. The summed E-state index contributed by atoms with van der Waals surface area (Å²) in [4.78, 5) is 119. The van der Waals surface area contributed by atoms with Crippen molar-refractivity contribution in [3.8, 4) is 57.1 Å². The second kappa shape index (κ2) is 34.1. The maximum absolute atomic E-state index is 16.3. The zero-order valence-electron chi connectivity index (χ0n) is 60.1. The first kappa shape index (κ1) is 83.5. The van der Waals surface area contributed by atoms with Crippen molar-refractivity contribution in [2.45, 2.75) is 187 Å². The number of nitrogens with two attached hydrogens (primary N) is 2. The predicted molar refractivity (Wildman–Crippen MR) is 382 cm³/mol. The highest BCUT2D eigenvalue weighted by atomic mass is 35.5. The number of likely N-dealkylation sites (N-methyl/N-ethyl adjacent to an activating group) is 1. The normalized spacial score (nSPS) is 31.9. The number of fused-ring (bicyclic) bond motifs is 15. The van der Waals surface area contributed by atoms with Gasteiger partial charge in [0.2, 0.25) is 53.4 Å². The van der Waals surface area contributed by atoms with Gasteiger partial charge in [-0.1, -0.05) is 55.2 Å². The molecule has 8 heterocycles. The van der Waals surface area contributed by atoms with Crippen LogP contribution in [-0.2, 0) is 62.0 Å². The average Bonchev–Trinajstić information content (AvgIpc) is 0.765. The molecule has 5 aromatic rings. The van der Waals surface area contributed by atoms with Crippen LogP contribution in [0.15, 0.2) is 78.9 Å². The number of rotatable bonds is 16. The van der Waals surface area contributed by atoms with Crippen LogP contribution in [0.1, 0.15) is 105 Å². The number of carbonyl (C=O) groups excluding carboxylic acids is 7. The van der Waals surface area contributed by atoms with Gasteiger partial charge in [-0.2, -0.15) is 0 Å². The maximum Gasteiger partial charge on any atom is 0.330 e. The van der Waals surface area contributed by atoms with Gasteiger partial charge in [-0.15, -0.1) is 0 Å². The van der Waals surface area contributed by atoms with E-state index in [1.54, 1.807) is 13.8 Å². The maximum atomic E-state index is 16.3. The Morgan fingerprint density at radius 3 is 1.86 bits per heavy atom. The minimum absolute atomic E-state index is 0.126. The molecule has 0 spiro atoms. The summed E-state index contributed by atoms with van der Waals surface area (Å²) in [5.74, 6) is -16.7. The number of carboxylic acids is 1. The van der Waals surface area contributed by atoms with E-state index < -0.39 is 291 Å². The number of hydrogen-bond acceptors (Lipinski definition) is 30. The number of phenols is 3. The van der Waals surface area contributed by atoms with Crippen molar-refractivity contribution in [3.63, 3.8) is 0 Å². The topological polar surface area (TPSA) is 610 Å². The number of halogens is 2. The Morgan fingerprint density at radius 2 is 1.25 bits per heavy atom. The van der Waals surface area contributed by atoms with Gasteiger partial charge in [0.25, 0.3) is 0 Å². The number of aromatic hydroxyl groups is 3. The summed E-state index contributed by atoms with van der Waals surface area (Å²) in [6.45, 7) is 4.46. The molecule has 11 bridgehead atoms. The van der Waals surface area contributed by atoms with Crippen molar-refractivity contribution in [3.05, 3.63) is 117 Å². The number of primary amides is 1. The quantitative estimate of drug-likeness (QED) is 0.0505. The molecule has 4 unspecified atom stereocenters. The summed E-state index contributed by atoms with van der Waals surface area (Å²) >= 11 is 14.4. The lowest BCUT2D eigenvalue weighted by molar-refractivity contribution is -0.352. The summed E-state index contributed by atoms with van der Waals surface area (Å²) in [7, 11) is 1.46. The monoisotopic (exact) mass is 1610 g/mol. The van der Waals surface area contributed by atoms with E-state index in [1.165, 1.54) is 33.0 Å². The molecule has 5 aromatic carbocycles. The van der Waals surface area contributed by atoms with E-state index >= 15 is 19.2 Å². The Bertz CT molecular complexity index is 4430. The zero-order chi connectivity index (χ0) is 81.5. The number of carbonyl (C=O) groups is 8. The number of carboxylic acid groups (broad SMARTS) is 1. The van der Waals surface area contributed by atoms with Gasteiger partial charge in [0.05, 0.1) is 47.9 Å². The van der Waals surface area contributed by atoms with E-state index in [9.17, 15) is 85.6 Å². The average molecular weight is 1610 g/mol. The third kappa shape index (κ3) is 17.5. The van der Waals surface area contributed by atoms with Crippen LogP contribution < -0.4 is 62.9 Å². The summed E-state index contributed by atoms with van der Waals surface area (Å²) < 4.78 is 49.9. The van der Waals surface area contributed by atoms with Crippen molar-refractivity contribution in [1.82, 2.24) is 37.2 Å². The van der Waals surface area contributed by atoms with E-state index in [0.717, 1.165) is 66.7 Å². The van der Waals surface area contributed by atoms with Crippen molar-refractivity contribution >= 4 is 70.5 Å². The molecule has 0 aromatic heterocycles. The molecule has 3 fully saturated rings. The first-order valence-electron chi connectivity index (χ1n) is 35.1. The standard InChI is InChI=1S/C72H85Cl2N9O29/c1-24(2)12-35(77-5)63(97)82-51-53(90)27-7-10-39(33(73)14-27)106-41-16-29-17-42(60(41)111-71-58(95)56(93)61(44(23-85)109-71)112-70-57(94)55(92)54(91)43(22-84)108-70)107-40-11-8-28(15-34(40)74)59(110-46-21-72(4,76)62(96)25(3)105-46)52-68(102)81-50(69(103)104)32-18-30(86)19-38(88)47(32)31-13-26(6-9-37(31)87)48(65(99)83-52)80-66(100)49(29)79-64(98)36(20-45(75)89)78-67(51)101/h6-11,13-19,24-25,35-36,43-44,46,48-59,61-62,70-71,77,84-88,90-96H,12,20-23,76H2,1-5H3,(H2,75,89)(H,78,101)(H,79,98)(H,80,100)(H,81,102)(H,82,97)(H,83,99)(H,103,104)/t25-,35+,36-,43+,44+,46-,48+,49+,50+,51+,52?,53+,54-,55-,56+,57+,58+,59?,61+,62-,70?,71?,72-/m0/s1. The molecular formula is C72H85Cl2N9O29. The number of nitrogens with one attached hydrogen (secondary N) is 7. The van der Waals surface area contributed by atoms with Crippen molar-refractivity contribution in [2.24, 2.45) is 17.4 Å². The molecule has 38 nitrogen and oxygen atoms in total. The third-order valence-corrected chi connectivity index (χ3v) is 20.5. The van der Waals surface area contributed by atoms with Crippen LogP contribution in [0.4, 0.5) is 0 Å². The fourth-order valence-corrected chi connectivity index (χ4v) is 14.4. The second-order valence-corrected chi connectivity index (χ2v) is 29.3. The van der Waals surface area contributed by atoms with Gasteiger partial charge in [-0.3, -0.25) is 33.6 Å². The number of aliphatic hydroxyl groups is 9. The number of aliphatic hydroxyl groups excluding tert-OH is 9. The lowest BCUT2D eigenvalue weighted by Crippen LogP contribution is -2.65. The molecule has 3 saturated heterocycles. The minimum atomic E-state index is -2.42. The first-order chi connectivity index (χ1) is 52.9. The lowest BCUT2D eigenvalue weighted by Gasteiger charge is -2.45. The highest BCUT2D eigenvalue weighted by Crippen LogP contribution is 2.50. The van der Waals surface area contributed by atoms with Crippen LogP contribution in [-0.4, -0.2) is 244 Å². The molecule has 0 radical (unpaired) electrons. The van der Waals surface area contributed by atoms with Crippen LogP contribution >= 0.6 is 23.2 Å². The molecule has 7 amide bonds. The summed E-state index contributed by atoms with van der Waals surface area (Å²) in [6.07, 6.45) is -29.6. The lowest BCUT2D eigenvalue weighted by atomic mass is 9.86. The highest BCUT2D eigenvalue weighted by molar-refractivity contribution is 6.32. The number of hydrogen-bond donors (Lipinski definition) is 22. The largest absolute Gasteiger partial charge is 0.508 e. The smallest absolute Gasteiger partial charge is 0.330 e. The number of benzene rings is 5. The van der Waals surface area contributed by atoms with Gasteiger partial charge in [-0.05, 0) is 110 Å². The van der Waals surface area contributed by atoms with Crippen LogP contribution in [0.5, 0.6) is 46.0 Å². The van der Waals surface area contributed by atoms with Crippen molar-refractivity contribution in [1.29, 1.82) is 0 Å². The molecular weight excluding hydrogens is 1530 g/mol. The fourth-order valence-electron chi connectivity index (χ4n) is 14.0. The second-order valence-electron chi connectivity index (χ2n) is 28.5. The Labute approximate surface area is 646 Å². The van der Waals surface area contributed by atoms with Gasteiger partial charge in [-0.25, -0.2) is 4.79 Å². The third-order valence-electron chi connectivity index (χ3n) is 19.9. The number of ether oxygens (including phenoxy) is 8. The molecule has 112 heavy (non-hydrogen) atoms. The number of phenolic OH excluding ortho intramolecular Hbond substituents is 3. The zero-order valence-corrected chi connectivity index (χ0v) is 61.6. The van der Waals surface area contributed by atoms with Crippen LogP contribution in [0.2, 0.25) is 10.0 Å².